The molecule has 1 aliphatic heterocycles. The van der Waals surface area contributed by atoms with E-state index in [1.54, 1.807) is 39.0 Å². The Kier molecular flexibility index (Phi) is 9.08. The topological polar surface area (TPSA) is 120 Å². The van der Waals surface area contributed by atoms with E-state index in [-0.39, 0.29) is 25.9 Å². The molecule has 2 N–H and O–H groups in total. The smallest absolute Gasteiger partial charge is 0.339 e. The molecule has 2 aromatic carbocycles. The Morgan fingerprint density at radius 1 is 1.07 bits per heavy atom. The van der Waals surface area contributed by atoms with Crippen molar-refractivity contribution in [3.8, 4) is 0 Å². The Morgan fingerprint density at radius 3 is 2.38 bits per heavy atom. The Bertz CT molecular complexity index is 1360. The highest BCUT2D eigenvalue weighted by atomic mass is 127. The molecule has 4 atom stereocenters. The molecule has 5 rings (SSSR count). The average molecular weight is 690 g/mol. The Morgan fingerprint density at radius 2 is 1.74 bits per heavy atom. The SMILES string of the molecule is CC(C)(C)OC(=O)CCC(CO)NC(=O)C1=CC2OC3(Cc4ccccc4C3)OC2C(OC(=O)c2ccccc2I)C1. The molecular formula is C32H36INO8. The summed E-state index contributed by atoms with van der Waals surface area (Å²) in [7, 11) is 0. The van der Waals surface area contributed by atoms with Crippen molar-refractivity contribution >= 4 is 40.4 Å². The maximum atomic E-state index is 13.4. The number of aliphatic hydroxyl groups is 1. The third-order valence-corrected chi connectivity index (χ3v) is 8.47. The molecule has 1 fully saturated rings. The summed E-state index contributed by atoms with van der Waals surface area (Å²) in [6, 6.07) is 14.5. The number of rotatable bonds is 8. The van der Waals surface area contributed by atoms with Gasteiger partial charge in [-0.05, 0) is 79.1 Å². The molecule has 1 amide bonds. The van der Waals surface area contributed by atoms with Gasteiger partial charge in [0, 0.05) is 34.8 Å². The Hall–Kier alpha value is -2.80. The number of nitrogens with one attached hydrogen (secondary N) is 1. The van der Waals surface area contributed by atoms with Crippen LogP contribution < -0.4 is 5.32 Å². The monoisotopic (exact) mass is 689 g/mol. The first-order valence-electron chi connectivity index (χ1n) is 14.2. The van der Waals surface area contributed by atoms with E-state index in [1.165, 1.54) is 0 Å². The molecule has 2 aromatic rings. The molecule has 3 aliphatic rings. The second kappa shape index (κ2) is 12.4. The highest BCUT2D eigenvalue weighted by Crippen LogP contribution is 2.45. The number of carbonyl (C=O) groups excluding carboxylic acids is 3. The zero-order valence-corrected chi connectivity index (χ0v) is 26.1. The van der Waals surface area contributed by atoms with Gasteiger partial charge in [0.2, 0.25) is 5.91 Å². The molecular weight excluding hydrogens is 653 g/mol. The molecule has 1 heterocycles. The zero-order chi connectivity index (χ0) is 30.1. The van der Waals surface area contributed by atoms with Crippen molar-refractivity contribution in [1.82, 2.24) is 5.32 Å². The normalized spacial score (nSPS) is 23.0. The van der Waals surface area contributed by atoms with E-state index in [0.29, 0.717) is 24.0 Å². The van der Waals surface area contributed by atoms with Crippen LogP contribution in [-0.2, 0) is 41.4 Å². The fraction of sp³-hybridized carbons (Fsp3) is 0.469. The summed E-state index contributed by atoms with van der Waals surface area (Å²) in [6.07, 6.45) is 1.22. The molecule has 10 heteroatoms. The first-order chi connectivity index (χ1) is 19.9. The van der Waals surface area contributed by atoms with E-state index in [2.05, 4.69) is 40.0 Å². The number of benzene rings is 2. The van der Waals surface area contributed by atoms with E-state index in [9.17, 15) is 19.5 Å². The molecule has 4 unspecified atom stereocenters. The second-order valence-corrected chi connectivity index (χ2v) is 13.2. The van der Waals surface area contributed by atoms with Gasteiger partial charge in [-0.1, -0.05) is 36.4 Å². The highest BCUT2D eigenvalue weighted by molar-refractivity contribution is 14.1. The van der Waals surface area contributed by atoms with E-state index in [0.717, 1.165) is 14.7 Å². The standard InChI is InChI=1S/C32H36INO8/c1-31(2,3)41-27(36)13-12-22(18-35)34-29(37)21-14-25(39-30(38)23-10-6-7-11-24(23)33)28-26(15-21)40-32(42-28)16-19-8-4-5-9-20(19)17-32/h4-11,15,22,25-26,28,35H,12-14,16-18H2,1-3H3,(H,34,37). The summed E-state index contributed by atoms with van der Waals surface area (Å²) in [6.45, 7) is 5.00. The summed E-state index contributed by atoms with van der Waals surface area (Å²) in [4.78, 5) is 38.8. The minimum Gasteiger partial charge on any atom is -0.460 e. The maximum absolute atomic E-state index is 13.4. The van der Waals surface area contributed by atoms with Crippen LogP contribution in [0, 0.1) is 3.57 Å². The van der Waals surface area contributed by atoms with Crippen molar-refractivity contribution in [2.45, 2.75) is 88.6 Å². The molecule has 0 bridgehead atoms. The number of hydrogen-bond acceptors (Lipinski definition) is 8. The predicted octanol–water partition coefficient (Wildman–Crippen LogP) is 4.02. The number of carbonyl (C=O) groups is 3. The molecule has 0 radical (unpaired) electrons. The van der Waals surface area contributed by atoms with Crippen LogP contribution in [0.3, 0.4) is 0 Å². The molecule has 42 heavy (non-hydrogen) atoms. The Balaban J connectivity index is 1.33. The molecule has 224 valence electrons. The number of hydrogen-bond donors (Lipinski definition) is 2. The van der Waals surface area contributed by atoms with Crippen molar-refractivity contribution in [3.63, 3.8) is 0 Å². The van der Waals surface area contributed by atoms with Gasteiger partial charge in [0.05, 0.1) is 18.2 Å². The number of ether oxygens (including phenoxy) is 4. The average Bonchev–Trinajstić information content (AvgIpc) is 3.48. The number of halogens is 1. The van der Waals surface area contributed by atoms with Gasteiger partial charge in [-0.25, -0.2) is 4.79 Å². The molecule has 1 spiro atoms. The van der Waals surface area contributed by atoms with E-state index in [1.807, 2.05) is 24.3 Å². The molecule has 9 nitrogen and oxygen atoms in total. The lowest BCUT2D eigenvalue weighted by atomic mass is 9.91. The van der Waals surface area contributed by atoms with Gasteiger partial charge in [-0.2, -0.15) is 0 Å². The maximum Gasteiger partial charge on any atom is 0.339 e. The number of fused-ring (bicyclic) bond motifs is 2. The summed E-state index contributed by atoms with van der Waals surface area (Å²) in [5.74, 6) is -2.24. The van der Waals surface area contributed by atoms with Gasteiger partial charge in [0.25, 0.3) is 0 Å². The number of amides is 1. The van der Waals surface area contributed by atoms with Crippen LogP contribution in [0.4, 0.5) is 0 Å². The highest BCUT2D eigenvalue weighted by Gasteiger charge is 2.55. The Labute approximate surface area is 259 Å². The minimum absolute atomic E-state index is 0.0441. The zero-order valence-electron chi connectivity index (χ0n) is 23.9. The lowest BCUT2D eigenvalue weighted by molar-refractivity contribution is -0.172. The molecule has 2 aliphatic carbocycles. The van der Waals surface area contributed by atoms with E-state index >= 15 is 0 Å². The van der Waals surface area contributed by atoms with Gasteiger partial charge in [-0.15, -0.1) is 0 Å². The van der Waals surface area contributed by atoms with Crippen molar-refractivity contribution in [1.29, 1.82) is 0 Å². The van der Waals surface area contributed by atoms with E-state index < -0.39 is 53.6 Å². The van der Waals surface area contributed by atoms with Crippen LogP contribution in [0.2, 0.25) is 0 Å². The summed E-state index contributed by atoms with van der Waals surface area (Å²) in [5, 5.41) is 12.7. The van der Waals surface area contributed by atoms with Crippen LogP contribution in [0.1, 0.15) is 61.5 Å². The van der Waals surface area contributed by atoms with Gasteiger partial charge in [-0.3, -0.25) is 9.59 Å². The van der Waals surface area contributed by atoms with Gasteiger partial charge >= 0.3 is 11.9 Å². The number of aliphatic hydroxyl groups excluding tert-OH is 1. The quantitative estimate of drug-likeness (QED) is 0.315. The number of esters is 2. The largest absolute Gasteiger partial charge is 0.460 e. The van der Waals surface area contributed by atoms with Crippen LogP contribution in [0.25, 0.3) is 0 Å². The molecule has 0 aromatic heterocycles. The third-order valence-electron chi connectivity index (χ3n) is 7.53. The van der Waals surface area contributed by atoms with Crippen LogP contribution in [0.15, 0.2) is 60.2 Å². The molecule has 0 saturated carbocycles. The van der Waals surface area contributed by atoms with Crippen LogP contribution >= 0.6 is 22.6 Å². The first-order valence-corrected chi connectivity index (χ1v) is 15.3. The summed E-state index contributed by atoms with van der Waals surface area (Å²) < 4.78 is 25.1. The van der Waals surface area contributed by atoms with Crippen molar-refractivity contribution in [3.05, 3.63) is 80.4 Å². The lowest BCUT2D eigenvalue weighted by Gasteiger charge is -2.31. The van der Waals surface area contributed by atoms with Crippen LogP contribution in [-0.4, -0.2) is 65.3 Å². The van der Waals surface area contributed by atoms with Crippen LogP contribution in [0.5, 0.6) is 0 Å². The fourth-order valence-electron chi connectivity index (χ4n) is 5.66. The van der Waals surface area contributed by atoms with Gasteiger partial charge in [0.1, 0.15) is 23.9 Å². The van der Waals surface area contributed by atoms with Gasteiger partial charge < -0.3 is 29.4 Å². The predicted molar refractivity (Wildman–Crippen MR) is 161 cm³/mol. The minimum atomic E-state index is -0.908. The second-order valence-electron chi connectivity index (χ2n) is 12.0. The first kappa shape index (κ1) is 30.7. The molecule has 1 saturated heterocycles. The van der Waals surface area contributed by atoms with Gasteiger partial charge in [0.15, 0.2) is 5.79 Å². The third kappa shape index (κ3) is 7.04. The van der Waals surface area contributed by atoms with E-state index in [4.69, 9.17) is 18.9 Å². The fourth-order valence-corrected chi connectivity index (χ4v) is 6.27. The lowest BCUT2D eigenvalue weighted by Crippen LogP contribution is -2.45. The van der Waals surface area contributed by atoms with Crippen molar-refractivity contribution in [2.24, 2.45) is 0 Å². The van der Waals surface area contributed by atoms with Crippen molar-refractivity contribution in [2.75, 3.05) is 6.61 Å². The summed E-state index contributed by atoms with van der Waals surface area (Å²) in [5.41, 5.74) is 2.45. The van der Waals surface area contributed by atoms with Crippen molar-refractivity contribution < 1.29 is 38.4 Å². The summed E-state index contributed by atoms with van der Waals surface area (Å²) >= 11 is 2.09.